The van der Waals surface area contributed by atoms with Crippen molar-refractivity contribution >= 4 is 18.5 Å². The van der Waals surface area contributed by atoms with Crippen molar-refractivity contribution in [3.8, 4) is 0 Å². The summed E-state index contributed by atoms with van der Waals surface area (Å²) >= 11 is 1.80. The van der Waals surface area contributed by atoms with Crippen LogP contribution in [0.2, 0.25) is 0 Å². The molecule has 0 aromatic heterocycles. The standard InChI is InChI=1S/C16H28N2S/c1-8-16(9-13(2)3)18(7)10-15(17-6)12-19-11-14(4)5/h8,12,14,16H,1-2,6,9-11H2,3-5,7H3/b15-12-. The van der Waals surface area contributed by atoms with E-state index in [0.29, 0.717) is 12.0 Å². The van der Waals surface area contributed by atoms with E-state index in [1.54, 1.807) is 11.8 Å². The number of hydrogen-bond acceptors (Lipinski definition) is 3. The van der Waals surface area contributed by atoms with E-state index in [1.807, 2.05) is 13.0 Å². The van der Waals surface area contributed by atoms with Gasteiger partial charge < -0.3 is 0 Å². The summed E-state index contributed by atoms with van der Waals surface area (Å²) in [7, 11) is 2.08. The van der Waals surface area contributed by atoms with E-state index in [1.165, 1.54) is 5.57 Å². The number of rotatable bonds is 10. The molecule has 1 unspecified atom stereocenters. The summed E-state index contributed by atoms with van der Waals surface area (Å²) in [5.41, 5.74) is 2.18. The first-order valence-corrected chi connectivity index (χ1v) is 7.70. The second kappa shape index (κ2) is 10.0. The predicted octanol–water partition coefficient (Wildman–Crippen LogP) is 4.37. The Morgan fingerprint density at radius 3 is 2.47 bits per heavy atom. The summed E-state index contributed by atoms with van der Waals surface area (Å²) in [4.78, 5) is 6.35. The van der Waals surface area contributed by atoms with Gasteiger partial charge in [-0.2, -0.15) is 0 Å². The Kier molecular flexibility index (Phi) is 9.62. The van der Waals surface area contributed by atoms with Crippen LogP contribution in [-0.2, 0) is 0 Å². The van der Waals surface area contributed by atoms with Crippen LogP contribution in [-0.4, -0.2) is 37.0 Å². The minimum Gasteiger partial charge on any atom is -0.294 e. The molecule has 0 fully saturated rings. The summed E-state index contributed by atoms with van der Waals surface area (Å²) < 4.78 is 0. The van der Waals surface area contributed by atoms with Crippen LogP contribution < -0.4 is 0 Å². The number of thioether (sulfide) groups is 1. The molecule has 0 aliphatic carbocycles. The zero-order valence-electron chi connectivity index (χ0n) is 12.9. The molecule has 0 amide bonds. The van der Waals surface area contributed by atoms with Crippen LogP contribution in [0.25, 0.3) is 0 Å². The van der Waals surface area contributed by atoms with Gasteiger partial charge in [-0.15, -0.1) is 24.9 Å². The Balaban J connectivity index is 4.46. The molecule has 1 atom stereocenters. The van der Waals surface area contributed by atoms with Crippen LogP contribution >= 0.6 is 11.8 Å². The summed E-state index contributed by atoms with van der Waals surface area (Å²) in [5.74, 6) is 1.80. The van der Waals surface area contributed by atoms with Crippen LogP contribution in [0.1, 0.15) is 27.2 Å². The van der Waals surface area contributed by atoms with Gasteiger partial charge in [-0.1, -0.05) is 25.5 Å². The van der Waals surface area contributed by atoms with Crippen molar-refractivity contribution in [2.75, 3.05) is 19.3 Å². The average Bonchev–Trinajstić information content (AvgIpc) is 2.33. The molecule has 3 heteroatoms. The minimum atomic E-state index is 0.303. The first-order chi connectivity index (χ1) is 8.90. The lowest BCUT2D eigenvalue weighted by atomic mass is 10.1. The van der Waals surface area contributed by atoms with E-state index in [4.69, 9.17) is 0 Å². The van der Waals surface area contributed by atoms with E-state index in [2.05, 4.69) is 56.1 Å². The quantitative estimate of drug-likeness (QED) is 0.436. The van der Waals surface area contributed by atoms with Gasteiger partial charge in [0.2, 0.25) is 0 Å². The lowest BCUT2D eigenvalue weighted by molar-refractivity contribution is 0.302. The van der Waals surface area contributed by atoms with Crippen molar-refractivity contribution in [3.05, 3.63) is 35.9 Å². The Morgan fingerprint density at radius 1 is 1.42 bits per heavy atom. The van der Waals surface area contributed by atoms with Gasteiger partial charge in [0, 0.05) is 12.6 Å². The van der Waals surface area contributed by atoms with E-state index < -0.39 is 0 Å². The summed E-state index contributed by atoms with van der Waals surface area (Å²) in [6.45, 7) is 18.8. The molecular formula is C16H28N2S. The molecule has 0 aliphatic rings. The Morgan fingerprint density at radius 2 is 2.05 bits per heavy atom. The molecule has 0 aliphatic heterocycles. The van der Waals surface area contributed by atoms with Gasteiger partial charge in [-0.3, -0.25) is 9.89 Å². The Labute approximate surface area is 123 Å². The highest BCUT2D eigenvalue weighted by molar-refractivity contribution is 8.02. The van der Waals surface area contributed by atoms with Crippen LogP contribution in [0, 0.1) is 5.92 Å². The Bertz CT molecular complexity index is 332. The third-order valence-corrected chi connectivity index (χ3v) is 3.96. The maximum absolute atomic E-state index is 4.11. The fourth-order valence-corrected chi connectivity index (χ4v) is 2.43. The normalized spacial score (nSPS) is 13.7. The molecule has 0 aromatic carbocycles. The van der Waals surface area contributed by atoms with Gasteiger partial charge >= 0.3 is 0 Å². The molecule has 0 rings (SSSR count). The molecule has 0 heterocycles. The number of likely N-dealkylation sites (N-methyl/N-ethyl adjacent to an activating group) is 1. The van der Waals surface area contributed by atoms with Crippen molar-refractivity contribution in [1.29, 1.82) is 0 Å². The van der Waals surface area contributed by atoms with Gasteiger partial charge in [0.05, 0.1) is 5.70 Å². The van der Waals surface area contributed by atoms with E-state index in [0.717, 1.165) is 24.4 Å². The molecule has 0 saturated heterocycles. The number of nitrogens with zero attached hydrogens (tertiary/aromatic N) is 2. The number of hydrogen-bond donors (Lipinski definition) is 0. The van der Waals surface area contributed by atoms with Gasteiger partial charge in [-0.25, -0.2) is 0 Å². The highest BCUT2D eigenvalue weighted by atomic mass is 32.2. The predicted molar refractivity (Wildman–Crippen MR) is 91.0 cm³/mol. The van der Waals surface area contributed by atoms with Crippen LogP contribution in [0.3, 0.4) is 0 Å². The molecule has 2 nitrogen and oxygen atoms in total. The second-order valence-corrected chi connectivity index (χ2v) is 6.28. The summed E-state index contributed by atoms with van der Waals surface area (Å²) in [5, 5.41) is 2.12. The third kappa shape index (κ3) is 8.84. The number of aliphatic imine (C=N–C) groups is 1. The molecule has 19 heavy (non-hydrogen) atoms. The van der Waals surface area contributed by atoms with E-state index >= 15 is 0 Å². The third-order valence-electron chi connectivity index (χ3n) is 2.66. The molecule has 0 radical (unpaired) electrons. The zero-order chi connectivity index (χ0) is 14.8. The lowest BCUT2D eigenvalue weighted by Gasteiger charge is -2.25. The maximum Gasteiger partial charge on any atom is 0.0599 e. The zero-order valence-corrected chi connectivity index (χ0v) is 13.7. The topological polar surface area (TPSA) is 15.6 Å². The van der Waals surface area contributed by atoms with Gasteiger partial charge in [0.1, 0.15) is 0 Å². The largest absolute Gasteiger partial charge is 0.294 e. The highest BCUT2D eigenvalue weighted by Crippen LogP contribution is 2.16. The van der Waals surface area contributed by atoms with Crippen LogP contribution in [0.5, 0.6) is 0 Å². The monoisotopic (exact) mass is 280 g/mol. The fraction of sp³-hybridized carbons (Fsp3) is 0.562. The van der Waals surface area contributed by atoms with Crippen LogP contribution in [0.15, 0.2) is 40.9 Å². The smallest absolute Gasteiger partial charge is 0.0599 e. The minimum absolute atomic E-state index is 0.303. The molecule has 0 saturated carbocycles. The maximum atomic E-state index is 4.11. The molecule has 108 valence electrons. The van der Waals surface area contributed by atoms with Crippen molar-refractivity contribution in [1.82, 2.24) is 4.90 Å². The van der Waals surface area contributed by atoms with Gasteiger partial charge in [0.15, 0.2) is 0 Å². The molecular weight excluding hydrogens is 252 g/mol. The van der Waals surface area contributed by atoms with Crippen molar-refractivity contribution in [3.63, 3.8) is 0 Å². The van der Waals surface area contributed by atoms with E-state index in [-0.39, 0.29) is 0 Å². The van der Waals surface area contributed by atoms with Gasteiger partial charge in [-0.05, 0) is 44.2 Å². The highest BCUT2D eigenvalue weighted by Gasteiger charge is 2.12. The molecule has 0 spiro atoms. The van der Waals surface area contributed by atoms with Crippen molar-refractivity contribution in [2.45, 2.75) is 33.2 Å². The average molecular weight is 280 g/mol. The van der Waals surface area contributed by atoms with Crippen LogP contribution in [0.4, 0.5) is 0 Å². The van der Waals surface area contributed by atoms with Crippen molar-refractivity contribution in [2.24, 2.45) is 10.9 Å². The Hall–Kier alpha value is -0.800. The first-order valence-electron chi connectivity index (χ1n) is 6.65. The molecule has 0 bridgehead atoms. The van der Waals surface area contributed by atoms with E-state index in [9.17, 15) is 0 Å². The summed E-state index contributed by atoms with van der Waals surface area (Å²) in [6.07, 6.45) is 2.90. The second-order valence-electron chi connectivity index (χ2n) is 5.37. The molecule has 0 N–H and O–H groups in total. The first kappa shape index (κ1) is 18.2. The molecule has 0 aromatic rings. The fourth-order valence-electron chi connectivity index (χ4n) is 1.61. The lowest BCUT2D eigenvalue weighted by Crippen LogP contribution is -2.31. The van der Waals surface area contributed by atoms with Gasteiger partial charge in [0.25, 0.3) is 0 Å². The van der Waals surface area contributed by atoms with Crippen molar-refractivity contribution < 1.29 is 0 Å². The summed E-state index contributed by atoms with van der Waals surface area (Å²) in [6, 6.07) is 0.303. The SMILES string of the molecule is C=CC(CC(=C)C)N(C)C/C(=C/SCC(C)C)N=C.